The van der Waals surface area contributed by atoms with Crippen molar-refractivity contribution in [1.82, 2.24) is 4.72 Å². The molecule has 25 heavy (non-hydrogen) atoms. The van der Waals surface area contributed by atoms with E-state index in [4.69, 9.17) is 4.74 Å². The predicted octanol–water partition coefficient (Wildman–Crippen LogP) is 2.42. The van der Waals surface area contributed by atoms with Crippen LogP contribution in [0, 0.1) is 5.92 Å². The lowest BCUT2D eigenvalue weighted by atomic mass is 9.86. The first kappa shape index (κ1) is 18.0. The smallest absolute Gasteiger partial charge is 0.391 e. The third-order valence-corrected chi connectivity index (χ3v) is 5.92. The third-order valence-electron chi connectivity index (χ3n) is 4.41. The van der Waals surface area contributed by atoms with Gasteiger partial charge in [-0.25, -0.2) is 13.1 Å². The molecule has 1 aromatic rings. The van der Waals surface area contributed by atoms with E-state index in [1.807, 2.05) is 0 Å². The van der Waals surface area contributed by atoms with Crippen LogP contribution in [-0.2, 0) is 14.8 Å². The Labute approximate surface area is 142 Å². The average Bonchev–Trinajstić information content (AvgIpc) is 2.53. The lowest BCUT2D eigenvalue weighted by Crippen LogP contribution is -2.40. The summed E-state index contributed by atoms with van der Waals surface area (Å²) in [6, 6.07) is 3.51. The largest absolute Gasteiger partial charge is 0.482 e. The van der Waals surface area contributed by atoms with Crippen molar-refractivity contribution in [2.24, 2.45) is 5.92 Å². The van der Waals surface area contributed by atoms with Crippen LogP contribution in [0.1, 0.15) is 25.7 Å². The maximum absolute atomic E-state index is 12.7. The van der Waals surface area contributed by atoms with Crippen LogP contribution in [0.25, 0.3) is 0 Å². The average molecular weight is 378 g/mol. The molecule has 10 heteroatoms. The number of carbonyl (C=O) groups is 1. The molecule has 6 nitrogen and oxygen atoms in total. The monoisotopic (exact) mass is 378 g/mol. The lowest BCUT2D eigenvalue weighted by molar-refractivity contribution is -0.182. The predicted molar refractivity (Wildman–Crippen MR) is 82.7 cm³/mol. The first-order valence-corrected chi connectivity index (χ1v) is 9.29. The lowest BCUT2D eigenvalue weighted by Gasteiger charge is -2.30. The number of amides is 1. The zero-order chi connectivity index (χ0) is 18.2. The molecule has 1 fully saturated rings. The van der Waals surface area contributed by atoms with Gasteiger partial charge in [-0.3, -0.25) is 4.79 Å². The Balaban J connectivity index is 1.69. The minimum Gasteiger partial charge on any atom is -0.482 e. The molecule has 1 aliphatic heterocycles. The highest BCUT2D eigenvalue weighted by Crippen LogP contribution is 2.38. The Morgan fingerprint density at radius 3 is 2.48 bits per heavy atom. The number of halogens is 3. The summed E-state index contributed by atoms with van der Waals surface area (Å²) in [5.74, 6) is -1.39. The SMILES string of the molecule is O=C1COc2ccc(S(=O)(=O)NC3CCC(C(F)(F)F)CC3)cc2N1. The Kier molecular flexibility index (Phi) is 4.67. The third kappa shape index (κ3) is 4.06. The van der Waals surface area contributed by atoms with Gasteiger partial charge in [0.15, 0.2) is 6.61 Å². The number of rotatable bonds is 3. The Morgan fingerprint density at radius 2 is 1.84 bits per heavy atom. The fourth-order valence-corrected chi connectivity index (χ4v) is 4.39. The van der Waals surface area contributed by atoms with Gasteiger partial charge in [-0.05, 0) is 43.9 Å². The number of benzene rings is 1. The van der Waals surface area contributed by atoms with Crippen LogP contribution < -0.4 is 14.8 Å². The molecule has 1 saturated carbocycles. The molecule has 0 radical (unpaired) electrons. The fourth-order valence-electron chi connectivity index (χ4n) is 3.06. The first-order valence-electron chi connectivity index (χ1n) is 7.81. The highest BCUT2D eigenvalue weighted by Gasteiger charge is 2.42. The highest BCUT2D eigenvalue weighted by molar-refractivity contribution is 7.89. The van der Waals surface area contributed by atoms with Crippen molar-refractivity contribution in [2.45, 2.75) is 42.8 Å². The van der Waals surface area contributed by atoms with Gasteiger partial charge in [0.05, 0.1) is 16.5 Å². The maximum atomic E-state index is 12.7. The zero-order valence-electron chi connectivity index (χ0n) is 13.1. The van der Waals surface area contributed by atoms with Gasteiger partial charge in [-0.15, -0.1) is 0 Å². The van der Waals surface area contributed by atoms with E-state index in [2.05, 4.69) is 10.0 Å². The van der Waals surface area contributed by atoms with Crippen molar-refractivity contribution in [2.75, 3.05) is 11.9 Å². The van der Waals surface area contributed by atoms with Gasteiger partial charge >= 0.3 is 6.18 Å². The number of hydrogen-bond acceptors (Lipinski definition) is 4. The molecule has 1 aromatic carbocycles. The van der Waals surface area contributed by atoms with Crippen LogP contribution in [0.15, 0.2) is 23.1 Å². The highest BCUT2D eigenvalue weighted by atomic mass is 32.2. The van der Waals surface area contributed by atoms with Crippen LogP contribution in [-0.4, -0.2) is 33.1 Å². The summed E-state index contributed by atoms with van der Waals surface area (Å²) in [6.45, 7) is -0.139. The summed E-state index contributed by atoms with van der Waals surface area (Å²) in [5.41, 5.74) is 0.250. The summed E-state index contributed by atoms with van der Waals surface area (Å²) in [7, 11) is -3.90. The number of anilines is 1. The number of carbonyl (C=O) groups excluding carboxylic acids is 1. The molecule has 1 amide bonds. The zero-order valence-corrected chi connectivity index (χ0v) is 13.9. The second-order valence-electron chi connectivity index (χ2n) is 6.21. The van der Waals surface area contributed by atoms with E-state index < -0.39 is 28.2 Å². The molecule has 138 valence electrons. The van der Waals surface area contributed by atoms with Crippen molar-refractivity contribution >= 4 is 21.6 Å². The second-order valence-corrected chi connectivity index (χ2v) is 7.92. The van der Waals surface area contributed by atoms with Crippen LogP contribution in [0.2, 0.25) is 0 Å². The molecule has 0 spiro atoms. The van der Waals surface area contributed by atoms with Crippen molar-refractivity contribution < 1.29 is 31.1 Å². The van der Waals surface area contributed by atoms with Gasteiger partial charge in [0.1, 0.15) is 5.75 Å². The van der Waals surface area contributed by atoms with Gasteiger partial charge < -0.3 is 10.1 Å². The molecule has 0 bridgehead atoms. The van der Waals surface area contributed by atoms with E-state index >= 15 is 0 Å². The van der Waals surface area contributed by atoms with E-state index in [-0.39, 0.29) is 48.8 Å². The quantitative estimate of drug-likeness (QED) is 0.846. The number of ether oxygens (including phenoxy) is 1. The van der Waals surface area contributed by atoms with E-state index in [1.54, 1.807) is 0 Å². The van der Waals surface area contributed by atoms with Gasteiger partial charge in [0, 0.05) is 6.04 Å². The van der Waals surface area contributed by atoms with E-state index in [9.17, 15) is 26.4 Å². The van der Waals surface area contributed by atoms with Crippen molar-refractivity contribution in [3.8, 4) is 5.75 Å². The van der Waals surface area contributed by atoms with Gasteiger partial charge in [0.2, 0.25) is 10.0 Å². The summed E-state index contributed by atoms with van der Waals surface area (Å²) < 4.78 is 70.6. The summed E-state index contributed by atoms with van der Waals surface area (Å²) in [4.78, 5) is 11.2. The van der Waals surface area contributed by atoms with Crippen molar-refractivity contribution in [3.05, 3.63) is 18.2 Å². The van der Waals surface area contributed by atoms with E-state index in [0.717, 1.165) is 0 Å². The second kappa shape index (κ2) is 6.49. The minimum absolute atomic E-state index is 0.0741. The fraction of sp³-hybridized carbons (Fsp3) is 0.533. The van der Waals surface area contributed by atoms with Crippen LogP contribution in [0.4, 0.5) is 18.9 Å². The Morgan fingerprint density at radius 1 is 1.16 bits per heavy atom. The van der Waals surface area contributed by atoms with Crippen molar-refractivity contribution in [1.29, 1.82) is 0 Å². The summed E-state index contributed by atoms with van der Waals surface area (Å²) in [5, 5.41) is 2.52. The van der Waals surface area contributed by atoms with Gasteiger partial charge in [-0.1, -0.05) is 0 Å². The van der Waals surface area contributed by atoms with Crippen molar-refractivity contribution in [3.63, 3.8) is 0 Å². The van der Waals surface area contributed by atoms with E-state index in [0.29, 0.717) is 5.75 Å². The molecule has 1 aliphatic carbocycles. The van der Waals surface area contributed by atoms with Crippen LogP contribution in [0.5, 0.6) is 5.75 Å². The van der Waals surface area contributed by atoms with E-state index in [1.165, 1.54) is 18.2 Å². The molecule has 3 rings (SSSR count). The number of sulfonamides is 1. The van der Waals surface area contributed by atoms with Gasteiger partial charge in [0.25, 0.3) is 5.91 Å². The molecule has 0 saturated heterocycles. The summed E-state index contributed by atoms with van der Waals surface area (Å²) >= 11 is 0. The van der Waals surface area contributed by atoms with Crippen LogP contribution >= 0.6 is 0 Å². The molecular formula is C15H17F3N2O4S. The number of nitrogens with one attached hydrogen (secondary N) is 2. The Hall–Kier alpha value is -1.81. The van der Waals surface area contributed by atoms with Crippen LogP contribution in [0.3, 0.4) is 0 Å². The molecular weight excluding hydrogens is 361 g/mol. The molecule has 0 unspecified atom stereocenters. The standard InChI is InChI=1S/C15H17F3N2O4S/c16-15(17,18)9-1-3-10(4-2-9)20-25(22,23)11-5-6-13-12(7-11)19-14(21)8-24-13/h5-7,9-10,20H,1-4,8H2,(H,19,21). The number of hydrogen-bond donors (Lipinski definition) is 2. The molecule has 2 aliphatic rings. The molecule has 1 heterocycles. The van der Waals surface area contributed by atoms with Gasteiger partial charge in [-0.2, -0.15) is 13.2 Å². The molecule has 0 atom stereocenters. The first-order chi connectivity index (χ1) is 11.6. The number of alkyl halides is 3. The topological polar surface area (TPSA) is 84.5 Å². The normalized spacial score (nSPS) is 24.2. The maximum Gasteiger partial charge on any atom is 0.391 e. The molecule has 2 N–H and O–H groups in total. The molecule has 0 aromatic heterocycles. The number of fused-ring (bicyclic) bond motifs is 1. The Bertz CT molecular complexity index is 771. The minimum atomic E-state index is -4.24. The summed E-state index contributed by atoms with van der Waals surface area (Å²) in [6.07, 6.45) is -4.15.